The first kappa shape index (κ1) is 16.8. The van der Waals surface area contributed by atoms with Crippen LogP contribution in [0, 0.1) is 5.41 Å². The number of amides is 1. The number of nitrogens with one attached hydrogen (secondary N) is 1. The van der Waals surface area contributed by atoms with Crippen LogP contribution in [0.1, 0.15) is 78.1 Å². The summed E-state index contributed by atoms with van der Waals surface area (Å²) in [6.45, 7) is 5.54. The van der Waals surface area contributed by atoms with Crippen LogP contribution >= 0.6 is 0 Å². The molecule has 0 spiro atoms. The second-order valence-corrected chi connectivity index (χ2v) is 7.50. The molecule has 1 N–H and O–H groups in total. The van der Waals surface area contributed by atoms with E-state index in [1.54, 1.807) is 0 Å². The minimum atomic E-state index is -0.0791. The summed E-state index contributed by atoms with van der Waals surface area (Å²) < 4.78 is 0. The first-order valence-corrected chi connectivity index (χ1v) is 9.07. The van der Waals surface area contributed by atoms with E-state index in [4.69, 9.17) is 0 Å². The molecule has 2 aliphatic rings. The lowest BCUT2D eigenvalue weighted by Gasteiger charge is -2.41. The van der Waals surface area contributed by atoms with Crippen molar-refractivity contribution in [1.29, 1.82) is 0 Å². The highest BCUT2D eigenvalue weighted by Crippen LogP contribution is 2.38. The van der Waals surface area contributed by atoms with E-state index < -0.39 is 0 Å². The Bertz CT molecular complexity index is 328. The van der Waals surface area contributed by atoms with Crippen molar-refractivity contribution in [2.45, 2.75) is 90.1 Å². The summed E-state index contributed by atoms with van der Waals surface area (Å²) in [5.41, 5.74) is -0.0791. The normalized spacial score (nSPS) is 29.1. The number of nitrogens with zero attached hydrogens (tertiary/aromatic N) is 1. The molecule has 21 heavy (non-hydrogen) atoms. The van der Waals surface area contributed by atoms with Crippen molar-refractivity contribution in [3.63, 3.8) is 0 Å². The van der Waals surface area contributed by atoms with Gasteiger partial charge in [0.1, 0.15) is 0 Å². The van der Waals surface area contributed by atoms with Gasteiger partial charge in [0, 0.05) is 24.5 Å². The molecule has 2 rings (SSSR count). The highest BCUT2D eigenvalue weighted by Gasteiger charge is 2.39. The van der Waals surface area contributed by atoms with Gasteiger partial charge in [-0.1, -0.05) is 33.1 Å². The summed E-state index contributed by atoms with van der Waals surface area (Å²) in [4.78, 5) is 15.0. The Hall–Kier alpha value is -0.570. The molecule has 122 valence electrons. The van der Waals surface area contributed by atoms with Crippen molar-refractivity contribution >= 4 is 5.91 Å². The maximum atomic E-state index is 12.9. The predicted molar refractivity (Wildman–Crippen MR) is 88.3 cm³/mol. The first-order chi connectivity index (χ1) is 10.1. The first-order valence-electron chi connectivity index (χ1n) is 9.07. The van der Waals surface area contributed by atoms with Crippen LogP contribution in [0.5, 0.6) is 0 Å². The molecule has 0 aromatic heterocycles. The molecule has 0 unspecified atom stereocenters. The van der Waals surface area contributed by atoms with Gasteiger partial charge in [0.05, 0.1) is 0 Å². The summed E-state index contributed by atoms with van der Waals surface area (Å²) >= 11 is 0. The smallest absolute Gasteiger partial charge is 0.228 e. The second kappa shape index (κ2) is 7.62. The van der Waals surface area contributed by atoms with Crippen molar-refractivity contribution in [3.8, 4) is 0 Å². The zero-order valence-corrected chi connectivity index (χ0v) is 14.3. The second-order valence-electron chi connectivity index (χ2n) is 7.50. The molecule has 0 aromatic carbocycles. The van der Waals surface area contributed by atoms with Crippen LogP contribution in [0.25, 0.3) is 0 Å². The molecular formula is C18H34N2O. The largest absolute Gasteiger partial charge is 0.342 e. The van der Waals surface area contributed by atoms with Gasteiger partial charge in [0.15, 0.2) is 0 Å². The maximum absolute atomic E-state index is 12.9. The van der Waals surface area contributed by atoms with Gasteiger partial charge in [-0.15, -0.1) is 0 Å². The van der Waals surface area contributed by atoms with E-state index in [0.29, 0.717) is 18.0 Å². The molecule has 0 saturated heterocycles. The third kappa shape index (κ3) is 4.21. The lowest BCUT2D eigenvalue weighted by atomic mass is 9.74. The molecule has 2 aliphatic carbocycles. The Labute approximate surface area is 130 Å². The fourth-order valence-corrected chi connectivity index (χ4v) is 4.15. The molecular weight excluding hydrogens is 260 g/mol. The highest BCUT2D eigenvalue weighted by molar-refractivity contribution is 5.82. The molecule has 0 aromatic rings. The van der Waals surface area contributed by atoms with E-state index in [1.165, 1.54) is 51.4 Å². The molecule has 3 heteroatoms. The maximum Gasteiger partial charge on any atom is 0.228 e. The van der Waals surface area contributed by atoms with Gasteiger partial charge in [0.25, 0.3) is 0 Å². The van der Waals surface area contributed by atoms with E-state index in [0.717, 1.165) is 19.4 Å². The fraction of sp³-hybridized carbons (Fsp3) is 0.944. The topological polar surface area (TPSA) is 32.3 Å². The van der Waals surface area contributed by atoms with Gasteiger partial charge in [0.2, 0.25) is 5.91 Å². The van der Waals surface area contributed by atoms with Crippen LogP contribution in [0.15, 0.2) is 0 Å². The summed E-state index contributed by atoms with van der Waals surface area (Å²) in [7, 11) is 2.05. The van der Waals surface area contributed by atoms with E-state index in [1.807, 2.05) is 7.05 Å². The zero-order valence-electron chi connectivity index (χ0n) is 14.3. The van der Waals surface area contributed by atoms with Crippen LogP contribution in [-0.4, -0.2) is 36.5 Å². The molecule has 2 saturated carbocycles. The summed E-state index contributed by atoms with van der Waals surface area (Å²) in [6, 6.07) is 1.14. The van der Waals surface area contributed by atoms with Crippen molar-refractivity contribution < 1.29 is 4.79 Å². The van der Waals surface area contributed by atoms with Crippen molar-refractivity contribution in [1.82, 2.24) is 10.2 Å². The van der Waals surface area contributed by atoms with Gasteiger partial charge in [-0.2, -0.15) is 0 Å². The van der Waals surface area contributed by atoms with E-state index in [-0.39, 0.29) is 5.41 Å². The van der Waals surface area contributed by atoms with Gasteiger partial charge >= 0.3 is 0 Å². The van der Waals surface area contributed by atoms with Crippen LogP contribution in [-0.2, 0) is 4.79 Å². The molecule has 3 nitrogen and oxygen atoms in total. The molecule has 1 amide bonds. The Morgan fingerprint density at radius 1 is 1.14 bits per heavy atom. The SMILES string of the molecule is CCCNC1CCC(N(C)C(=O)C2(C)CCCCC2)CC1. The molecule has 0 bridgehead atoms. The van der Waals surface area contributed by atoms with Crippen LogP contribution < -0.4 is 5.32 Å². The molecule has 0 atom stereocenters. The Kier molecular flexibility index (Phi) is 6.09. The quantitative estimate of drug-likeness (QED) is 0.838. The van der Waals surface area contributed by atoms with Crippen LogP contribution in [0.3, 0.4) is 0 Å². The minimum absolute atomic E-state index is 0.0791. The van der Waals surface area contributed by atoms with E-state index in [2.05, 4.69) is 24.1 Å². The lowest BCUT2D eigenvalue weighted by molar-refractivity contribution is -0.144. The predicted octanol–water partition coefficient (Wildman–Crippen LogP) is 3.73. The van der Waals surface area contributed by atoms with Crippen molar-refractivity contribution in [3.05, 3.63) is 0 Å². The van der Waals surface area contributed by atoms with Crippen LogP contribution in [0.4, 0.5) is 0 Å². The Morgan fingerprint density at radius 2 is 1.76 bits per heavy atom. The van der Waals surface area contributed by atoms with Gasteiger partial charge < -0.3 is 10.2 Å². The van der Waals surface area contributed by atoms with Gasteiger partial charge in [-0.05, 0) is 51.5 Å². The summed E-state index contributed by atoms with van der Waals surface area (Å²) in [5, 5.41) is 3.63. The Morgan fingerprint density at radius 3 is 2.33 bits per heavy atom. The number of rotatable bonds is 5. The standard InChI is InChI=1S/C18H34N2O/c1-4-14-19-15-8-10-16(11-9-15)20(3)17(21)18(2)12-6-5-7-13-18/h15-16,19H,4-14H2,1-3H3. The summed E-state index contributed by atoms with van der Waals surface area (Å²) in [6.07, 6.45) is 11.9. The van der Waals surface area contributed by atoms with Crippen LogP contribution in [0.2, 0.25) is 0 Å². The van der Waals surface area contributed by atoms with E-state index in [9.17, 15) is 4.79 Å². The lowest BCUT2D eigenvalue weighted by Crippen LogP contribution is -2.48. The van der Waals surface area contributed by atoms with Gasteiger partial charge in [-0.3, -0.25) is 4.79 Å². The molecule has 0 heterocycles. The third-order valence-corrected chi connectivity index (χ3v) is 5.72. The van der Waals surface area contributed by atoms with Crippen molar-refractivity contribution in [2.75, 3.05) is 13.6 Å². The zero-order chi connectivity index (χ0) is 15.3. The third-order valence-electron chi connectivity index (χ3n) is 5.72. The van der Waals surface area contributed by atoms with Crippen molar-refractivity contribution in [2.24, 2.45) is 5.41 Å². The summed E-state index contributed by atoms with van der Waals surface area (Å²) in [5.74, 6) is 0.409. The molecule has 0 aliphatic heterocycles. The van der Waals surface area contributed by atoms with E-state index >= 15 is 0 Å². The average molecular weight is 294 g/mol. The average Bonchev–Trinajstić information content (AvgIpc) is 2.52. The Balaban J connectivity index is 1.83. The number of carbonyl (C=O) groups excluding carboxylic acids is 1. The number of hydrogen-bond donors (Lipinski definition) is 1. The monoisotopic (exact) mass is 294 g/mol. The number of hydrogen-bond acceptors (Lipinski definition) is 2. The minimum Gasteiger partial charge on any atom is -0.342 e. The highest BCUT2D eigenvalue weighted by atomic mass is 16.2. The molecule has 2 fully saturated rings. The number of carbonyl (C=O) groups is 1. The fourth-order valence-electron chi connectivity index (χ4n) is 4.15. The molecule has 0 radical (unpaired) electrons. The van der Waals surface area contributed by atoms with Gasteiger partial charge in [-0.25, -0.2) is 0 Å².